The molecular formula is C24H18BrNO3. The molecule has 0 atom stereocenters. The van der Waals surface area contributed by atoms with Crippen molar-refractivity contribution in [1.82, 2.24) is 5.32 Å². The number of phenolic OH excluding ortho intramolecular Hbond substituents is 1. The number of carbonyl (C=O) groups is 1. The Labute approximate surface area is 177 Å². The topological polar surface area (TPSA) is 58.6 Å². The molecule has 0 bridgehead atoms. The molecule has 0 saturated carbocycles. The Balaban J connectivity index is 1.35. The molecule has 144 valence electrons. The van der Waals surface area contributed by atoms with Crippen LogP contribution in [0.3, 0.4) is 0 Å². The Morgan fingerprint density at radius 2 is 1.69 bits per heavy atom. The van der Waals surface area contributed by atoms with E-state index in [-0.39, 0.29) is 24.8 Å². The van der Waals surface area contributed by atoms with Crippen LogP contribution in [-0.4, -0.2) is 24.4 Å². The van der Waals surface area contributed by atoms with E-state index < -0.39 is 6.09 Å². The Morgan fingerprint density at radius 3 is 2.34 bits per heavy atom. The molecule has 0 aromatic heterocycles. The van der Waals surface area contributed by atoms with Gasteiger partial charge in [-0.05, 0) is 40.5 Å². The van der Waals surface area contributed by atoms with Gasteiger partial charge < -0.3 is 15.2 Å². The van der Waals surface area contributed by atoms with Crippen LogP contribution in [-0.2, 0) is 4.74 Å². The van der Waals surface area contributed by atoms with Gasteiger partial charge in [-0.3, -0.25) is 0 Å². The van der Waals surface area contributed by atoms with Crippen LogP contribution in [0.15, 0.2) is 71.2 Å². The van der Waals surface area contributed by atoms with E-state index in [9.17, 15) is 9.90 Å². The Bertz CT molecular complexity index is 1080. The Hall–Kier alpha value is -3.23. The molecule has 29 heavy (non-hydrogen) atoms. The third-order valence-electron chi connectivity index (χ3n) is 4.85. The summed E-state index contributed by atoms with van der Waals surface area (Å²) in [5.74, 6) is 5.76. The first-order valence-corrected chi connectivity index (χ1v) is 9.99. The van der Waals surface area contributed by atoms with Crippen LogP contribution in [0, 0.1) is 11.8 Å². The predicted molar refractivity (Wildman–Crippen MR) is 116 cm³/mol. The molecule has 2 N–H and O–H groups in total. The molecule has 1 aliphatic carbocycles. The number of amides is 1. The van der Waals surface area contributed by atoms with Gasteiger partial charge in [-0.1, -0.05) is 76.3 Å². The van der Waals surface area contributed by atoms with Crippen molar-refractivity contribution in [3.63, 3.8) is 0 Å². The summed E-state index contributed by atoms with van der Waals surface area (Å²) in [7, 11) is 0. The molecule has 0 spiro atoms. The summed E-state index contributed by atoms with van der Waals surface area (Å²) in [6, 6.07) is 21.5. The standard InChI is InChI=1S/C24H18BrNO3/c25-17-12-11-16(23(27)14-17)6-5-13-26-24(28)29-15-22-20-9-3-1-7-18(20)19-8-2-4-10-21(19)22/h1-4,7-12,14,22,27H,13,15H2,(H,26,28). The highest BCUT2D eigenvalue weighted by atomic mass is 79.9. The van der Waals surface area contributed by atoms with Crippen molar-refractivity contribution in [2.45, 2.75) is 5.92 Å². The zero-order valence-electron chi connectivity index (χ0n) is 15.5. The summed E-state index contributed by atoms with van der Waals surface area (Å²) in [5.41, 5.74) is 5.23. The summed E-state index contributed by atoms with van der Waals surface area (Å²) in [6.07, 6.45) is -0.513. The summed E-state index contributed by atoms with van der Waals surface area (Å²) < 4.78 is 6.23. The van der Waals surface area contributed by atoms with Gasteiger partial charge in [-0.15, -0.1) is 0 Å². The molecule has 0 heterocycles. The lowest BCUT2D eigenvalue weighted by atomic mass is 9.98. The SMILES string of the molecule is O=C(NCC#Cc1ccc(Br)cc1O)OCC1c2ccccc2-c2ccccc21. The summed E-state index contributed by atoms with van der Waals surface area (Å²) >= 11 is 3.28. The van der Waals surface area contributed by atoms with Crippen molar-refractivity contribution in [2.24, 2.45) is 0 Å². The van der Waals surface area contributed by atoms with E-state index in [0.717, 1.165) is 4.47 Å². The predicted octanol–water partition coefficient (Wildman–Crippen LogP) is 5.04. The fourth-order valence-electron chi connectivity index (χ4n) is 3.52. The molecule has 4 nitrogen and oxygen atoms in total. The van der Waals surface area contributed by atoms with E-state index in [1.165, 1.54) is 22.3 Å². The largest absolute Gasteiger partial charge is 0.507 e. The van der Waals surface area contributed by atoms with Crippen molar-refractivity contribution in [3.05, 3.63) is 87.9 Å². The Kier molecular flexibility index (Phi) is 5.55. The average molecular weight is 448 g/mol. The number of hydrogen-bond acceptors (Lipinski definition) is 3. The maximum atomic E-state index is 12.1. The van der Waals surface area contributed by atoms with Crippen LogP contribution in [0.5, 0.6) is 5.75 Å². The molecule has 0 fully saturated rings. The van der Waals surface area contributed by atoms with Gasteiger partial charge in [-0.25, -0.2) is 4.79 Å². The van der Waals surface area contributed by atoms with Gasteiger partial charge in [0.25, 0.3) is 0 Å². The number of carbonyl (C=O) groups excluding carboxylic acids is 1. The lowest BCUT2D eigenvalue weighted by Gasteiger charge is -2.14. The normalized spacial score (nSPS) is 11.8. The minimum atomic E-state index is -0.513. The summed E-state index contributed by atoms with van der Waals surface area (Å²) in [5, 5.41) is 12.5. The van der Waals surface area contributed by atoms with Gasteiger partial charge in [0.2, 0.25) is 0 Å². The smallest absolute Gasteiger partial charge is 0.407 e. The zero-order chi connectivity index (χ0) is 20.2. The first-order chi connectivity index (χ1) is 14.1. The third kappa shape index (κ3) is 4.13. The molecular weight excluding hydrogens is 430 g/mol. The number of alkyl carbamates (subject to hydrolysis) is 1. The van der Waals surface area contributed by atoms with Gasteiger partial charge in [0.15, 0.2) is 0 Å². The van der Waals surface area contributed by atoms with Gasteiger partial charge in [0.1, 0.15) is 12.4 Å². The molecule has 0 saturated heterocycles. The maximum absolute atomic E-state index is 12.1. The first kappa shape index (κ1) is 19.1. The monoisotopic (exact) mass is 447 g/mol. The van der Waals surface area contributed by atoms with Crippen LogP contribution < -0.4 is 5.32 Å². The summed E-state index contributed by atoms with van der Waals surface area (Å²) in [6.45, 7) is 0.396. The fraction of sp³-hybridized carbons (Fsp3) is 0.125. The van der Waals surface area contributed by atoms with Crippen LogP contribution in [0.1, 0.15) is 22.6 Å². The van der Waals surface area contributed by atoms with Gasteiger partial charge in [0.05, 0.1) is 12.1 Å². The highest BCUT2D eigenvalue weighted by molar-refractivity contribution is 9.10. The van der Waals surface area contributed by atoms with Crippen LogP contribution in [0.4, 0.5) is 4.79 Å². The second kappa shape index (κ2) is 8.42. The van der Waals surface area contributed by atoms with Crippen LogP contribution in [0.25, 0.3) is 11.1 Å². The van der Waals surface area contributed by atoms with Crippen molar-refractivity contribution in [3.8, 4) is 28.7 Å². The van der Waals surface area contributed by atoms with E-state index in [4.69, 9.17) is 4.74 Å². The second-order valence-electron chi connectivity index (χ2n) is 6.64. The number of phenols is 1. The molecule has 1 aliphatic rings. The van der Waals surface area contributed by atoms with Crippen LogP contribution >= 0.6 is 15.9 Å². The van der Waals surface area contributed by atoms with Crippen molar-refractivity contribution in [2.75, 3.05) is 13.2 Å². The molecule has 0 aliphatic heterocycles. The molecule has 3 aromatic carbocycles. The van der Waals surface area contributed by atoms with Crippen molar-refractivity contribution < 1.29 is 14.6 Å². The van der Waals surface area contributed by atoms with Gasteiger partial charge >= 0.3 is 6.09 Å². The molecule has 4 rings (SSSR count). The molecule has 5 heteroatoms. The quantitative estimate of drug-likeness (QED) is 0.552. The van der Waals surface area contributed by atoms with E-state index in [0.29, 0.717) is 5.56 Å². The van der Waals surface area contributed by atoms with Gasteiger partial charge in [0, 0.05) is 10.4 Å². The zero-order valence-corrected chi connectivity index (χ0v) is 17.1. The Morgan fingerprint density at radius 1 is 1.03 bits per heavy atom. The maximum Gasteiger partial charge on any atom is 0.407 e. The number of halogens is 1. The van der Waals surface area contributed by atoms with Gasteiger partial charge in [-0.2, -0.15) is 0 Å². The first-order valence-electron chi connectivity index (χ1n) is 9.19. The van der Waals surface area contributed by atoms with E-state index in [1.807, 2.05) is 24.3 Å². The van der Waals surface area contributed by atoms with Crippen LogP contribution in [0.2, 0.25) is 0 Å². The number of nitrogens with one attached hydrogen (secondary N) is 1. The fourth-order valence-corrected chi connectivity index (χ4v) is 3.86. The third-order valence-corrected chi connectivity index (χ3v) is 5.34. The second-order valence-corrected chi connectivity index (χ2v) is 7.56. The highest BCUT2D eigenvalue weighted by Gasteiger charge is 2.28. The number of benzene rings is 3. The average Bonchev–Trinajstić information content (AvgIpc) is 3.05. The highest BCUT2D eigenvalue weighted by Crippen LogP contribution is 2.44. The lowest BCUT2D eigenvalue weighted by molar-refractivity contribution is 0.144. The van der Waals surface area contributed by atoms with E-state index >= 15 is 0 Å². The molecule has 1 amide bonds. The summed E-state index contributed by atoms with van der Waals surface area (Å²) in [4.78, 5) is 12.1. The van der Waals surface area contributed by atoms with Crippen molar-refractivity contribution >= 4 is 22.0 Å². The molecule has 0 unspecified atom stereocenters. The number of ether oxygens (including phenoxy) is 1. The lowest BCUT2D eigenvalue weighted by Crippen LogP contribution is -2.26. The number of fused-ring (bicyclic) bond motifs is 3. The van der Waals surface area contributed by atoms with E-state index in [2.05, 4.69) is 57.4 Å². The minimum absolute atomic E-state index is 0.0268. The number of rotatable bonds is 3. The van der Waals surface area contributed by atoms with Crippen molar-refractivity contribution in [1.29, 1.82) is 0 Å². The minimum Gasteiger partial charge on any atom is -0.507 e. The number of aromatic hydroxyl groups is 1. The molecule has 3 aromatic rings. The number of hydrogen-bond donors (Lipinski definition) is 2. The van der Waals surface area contributed by atoms with E-state index in [1.54, 1.807) is 18.2 Å². The molecule has 0 radical (unpaired) electrons.